The molecule has 1 aliphatic carbocycles. The Morgan fingerprint density at radius 2 is 1.73 bits per heavy atom. The van der Waals surface area contributed by atoms with E-state index in [2.05, 4.69) is 26.0 Å². The lowest BCUT2D eigenvalue weighted by molar-refractivity contribution is 0.177. The summed E-state index contributed by atoms with van der Waals surface area (Å²) in [6, 6.07) is 4.71. The molecule has 3 rings (SSSR count). The first kappa shape index (κ1) is 16.0. The number of hydrogen-bond acceptors (Lipinski definition) is 3. The Hall–Kier alpha value is -0.900. The lowest BCUT2D eigenvalue weighted by Gasteiger charge is -2.24. The first-order valence-electron chi connectivity index (χ1n) is 8.44. The molecule has 3 nitrogen and oxygen atoms in total. The zero-order valence-electron chi connectivity index (χ0n) is 14.2. The van der Waals surface area contributed by atoms with Crippen LogP contribution in [0.2, 0.25) is 0 Å². The molecule has 0 amide bonds. The van der Waals surface area contributed by atoms with Crippen LogP contribution in [-0.2, 0) is 27.4 Å². The molecule has 1 heterocycles. The largest absolute Gasteiger partial charge is 0.380 e. The highest BCUT2D eigenvalue weighted by atomic mass is 16.6. The summed E-state index contributed by atoms with van der Waals surface area (Å²) in [5.74, 6) is 1.02. The highest BCUT2D eigenvalue weighted by molar-refractivity contribution is 5.43. The average molecular weight is 304 g/mol. The first-order valence-corrected chi connectivity index (χ1v) is 8.44. The average Bonchev–Trinajstić information content (AvgIpc) is 3.26. The maximum Gasteiger partial charge on any atom is 0.0910 e. The second kappa shape index (κ2) is 6.69. The van der Waals surface area contributed by atoms with E-state index in [9.17, 15) is 0 Å². The van der Waals surface area contributed by atoms with Crippen LogP contribution in [0.15, 0.2) is 12.1 Å². The molecule has 0 aromatic heterocycles. The highest BCUT2D eigenvalue weighted by Gasteiger charge is 2.47. The van der Waals surface area contributed by atoms with Crippen LogP contribution in [0.3, 0.4) is 0 Å². The summed E-state index contributed by atoms with van der Waals surface area (Å²) in [4.78, 5) is 0. The van der Waals surface area contributed by atoms with Gasteiger partial charge in [0.25, 0.3) is 0 Å². The SMILES string of the molecule is COCc1cc(C2CCCC3OC32)cc(COC)c1C(C)C. The number of hydrogen-bond donors (Lipinski definition) is 0. The number of epoxide rings is 1. The van der Waals surface area contributed by atoms with Crippen molar-refractivity contribution in [3.05, 3.63) is 34.4 Å². The third-order valence-electron chi connectivity index (χ3n) is 5.00. The van der Waals surface area contributed by atoms with Crippen LogP contribution >= 0.6 is 0 Å². The quantitative estimate of drug-likeness (QED) is 0.740. The van der Waals surface area contributed by atoms with Gasteiger partial charge in [-0.2, -0.15) is 0 Å². The van der Waals surface area contributed by atoms with E-state index in [0.29, 0.717) is 37.3 Å². The number of ether oxygens (including phenoxy) is 3. The van der Waals surface area contributed by atoms with Crippen molar-refractivity contribution in [3.8, 4) is 0 Å². The molecule has 1 aromatic carbocycles. The minimum atomic E-state index is 0.449. The molecule has 22 heavy (non-hydrogen) atoms. The van der Waals surface area contributed by atoms with E-state index in [0.717, 1.165) is 0 Å². The molecule has 2 fully saturated rings. The zero-order valence-corrected chi connectivity index (χ0v) is 14.2. The zero-order chi connectivity index (χ0) is 15.7. The van der Waals surface area contributed by atoms with Crippen molar-refractivity contribution >= 4 is 0 Å². The molecule has 0 spiro atoms. The highest BCUT2D eigenvalue weighted by Crippen LogP contribution is 2.46. The Bertz CT molecular complexity index is 496. The predicted molar refractivity (Wildman–Crippen MR) is 87.2 cm³/mol. The summed E-state index contributed by atoms with van der Waals surface area (Å²) >= 11 is 0. The topological polar surface area (TPSA) is 31.0 Å². The maximum atomic E-state index is 5.86. The van der Waals surface area contributed by atoms with Crippen molar-refractivity contribution < 1.29 is 14.2 Å². The van der Waals surface area contributed by atoms with E-state index >= 15 is 0 Å². The molecule has 122 valence electrons. The summed E-state index contributed by atoms with van der Waals surface area (Å²) in [6.07, 6.45) is 4.71. The van der Waals surface area contributed by atoms with Gasteiger partial charge < -0.3 is 14.2 Å². The Balaban J connectivity index is 1.99. The van der Waals surface area contributed by atoms with Gasteiger partial charge in [-0.1, -0.05) is 32.4 Å². The van der Waals surface area contributed by atoms with Crippen molar-refractivity contribution in [1.29, 1.82) is 0 Å². The summed E-state index contributed by atoms with van der Waals surface area (Å²) in [5.41, 5.74) is 5.42. The molecule has 0 radical (unpaired) electrons. The van der Waals surface area contributed by atoms with Crippen molar-refractivity contribution in [2.24, 2.45) is 0 Å². The molecule has 3 atom stereocenters. The van der Waals surface area contributed by atoms with Crippen molar-refractivity contribution in [3.63, 3.8) is 0 Å². The van der Waals surface area contributed by atoms with E-state index in [1.165, 1.54) is 41.5 Å². The minimum absolute atomic E-state index is 0.449. The Morgan fingerprint density at radius 3 is 2.27 bits per heavy atom. The number of methoxy groups -OCH3 is 2. The van der Waals surface area contributed by atoms with Gasteiger partial charge in [0, 0.05) is 20.1 Å². The van der Waals surface area contributed by atoms with Gasteiger partial charge in [0.1, 0.15) is 0 Å². The number of benzene rings is 1. The van der Waals surface area contributed by atoms with Crippen molar-refractivity contribution in [2.45, 2.75) is 70.4 Å². The molecule has 0 bridgehead atoms. The third-order valence-corrected chi connectivity index (χ3v) is 5.00. The molecule has 3 unspecified atom stereocenters. The Morgan fingerprint density at radius 1 is 1.09 bits per heavy atom. The number of rotatable bonds is 6. The minimum Gasteiger partial charge on any atom is -0.380 e. The molecular formula is C19H28O3. The van der Waals surface area contributed by atoms with Crippen LogP contribution < -0.4 is 0 Å². The van der Waals surface area contributed by atoms with E-state index in [1.807, 2.05) is 0 Å². The van der Waals surface area contributed by atoms with E-state index < -0.39 is 0 Å². The van der Waals surface area contributed by atoms with E-state index in [1.54, 1.807) is 14.2 Å². The number of fused-ring (bicyclic) bond motifs is 1. The second-order valence-corrected chi connectivity index (χ2v) is 6.95. The van der Waals surface area contributed by atoms with Gasteiger partial charge in [0.2, 0.25) is 0 Å². The van der Waals surface area contributed by atoms with Crippen LogP contribution in [-0.4, -0.2) is 26.4 Å². The Labute approximate surface area is 134 Å². The standard InChI is InChI=1S/C19H28O3/c1-12(2)18-14(10-20-3)8-13(9-15(18)11-21-4)16-6-5-7-17-19(16)22-17/h8-9,12,16-17,19H,5-7,10-11H2,1-4H3. The summed E-state index contributed by atoms with van der Waals surface area (Å²) in [7, 11) is 3.54. The molecule has 0 N–H and O–H groups in total. The van der Waals surface area contributed by atoms with Crippen LogP contribution in [0.25, 0.3) is 0 Å². The monoisotopic (exact) mass is 304 g/mol. The van der Waals surface area contributed by atoms with Gasteiger partial charge in [-0.05, 0) is 41.0 Å². The second-order valence-electron chi connectivity index (χ2n) is 6.95. The fraction of sp³-hybridized carbons (Fsp3) is 0.684. The van der Waals surface area contributed by atoms with E-state index in [-0.39, 0.29) is 0 Å². The molecular weight excluding hydrogens is 276 g/mol. The molecule has 1 saturated heterocycles. The van der Waals surface area contributed by atoms with Crippen LogP contribution in [0.1, 0.15) is 67.2 Å². The van der Waals surface area contributed by atoms with Crippen molar-refractivity contribution in [2.75, 3.05) is 14.2 Å². The smallest absolute Gasteiger partial charge is 0.0910 e. The fourth-order valence-electron chi connectivity index (χ4n) is 4.11. The first-order chi connectivity index (χ1) is 10.7. The lowest BCUT2D eigenvalue weighted by Crippen LogP contribution is -2.16. The van der Waals surface area contributed by atoms with Crippen LogP contribution in [0, 0.1) is 0 Å². The van der Waals surface area contributed by atoms with Crippen molar-refractivity contribution in [1.82, 2.24) is 0 Å². The normalized spacial score (nSPS) is 27.0. The third kappa shape index (κ3) is 3.08. The lowest BCUT2D eigenvalue weighted by atomic mass is 9.80. The van der Waals surface area contributed by atoms with Crippen LogP contribution in [0.5, 0.6) is 0 Å². The maximum absolute atomic E-state index is 5.86. The molecule has 3 heteroatoms. The van der Waals surface area contributed by atoms with Gasteiger partial charge in [-0.25, -0.2) is 0 Å². The predicted octanol–water partition coefficient (Wildman–Crippen LogP) is 4.14. The molecule has 1 aliphatic heterocycles. The summed E-state index contributed by atoms with van der Waals surface area (Å²) < 4.78 is 16.8. The van der Waals surface area contributed by atoms with Gasteiger partial charge in [-0.15, -0.1) is 0 Å². The van der Waals surface area contributed by atoms with Gasteiger partial charge in [0.15, 0.2) is 0 Å². The van der Waals surface area contributed by atoms with Gasteiger partial charge in [0.05, 0.1) is 25.4 Å². The van der Waals surface area contributed by atoms with Gasteiger partial charge in [-0.3, -0.25) is 0 Å². The molecule has 1 saturated carbocycles. The van der Waals surface area contributed by atoms with Crippen LogP contribution in [0.4, 0.5) is 0 Å². The van der Waals surface area contributed by atoms with E-state index in [4.69, 9.17) is 14.2 Å². The summed E-state index contributed by atoms with van der Waals surface area (Å²) in [6.45, 7) is 5.82. The Kier molecular flexibility index (Phi) is 4.86. The van der Waals surface area contributed by atoms with Gasteiger partial charge >= 0.3 is 0 Å². The molecule has 2 aliphatic rings. The summed E-state index contributed by atoms with van der Waals surface area (Å²) in [5, 5.41) is 0. The molecule has 1 aromatic rings. The fourth-order valence-corrected chi connectivity index (χ4v) is 4.11.